The largest absolute Gasteiger partial charge is 0.472 e. The average Bonchev–Trinajstić information content (AvgIpc) is 3.22. The lowest BCUT2D eigenvalue weighted by atomic mass is 10.0. The third kappa shape index (κ3) is 50.4. The SMILES string of the molecule is CCCCCCCCCCCCCCCCCCCCCCCCCCCOCC(COP(=O)(O)OCC[N+](C)(C)C)OC(=O)CCCCCCCCCCCCCCCC. The molecule has 0 rings (SSSR count). The minimum absolute atomic E-state index is 0.0942. The highest BCUT2D eigenvalue weighted by atomic mass is 31.2. The van der Waals surface area contributed by atoms with E-state index in [-0.39, 0.29) is 25.8 Å². The van der Waals surface area contributed by atoms with Crippen LogP contribution in [0.15, 0.2) is 0 Å². The molecule has 0 aliphatic carbocycles. The van der Waals surface area contributed by atoms with Crippen molar-refractivity contribution in [3.8, 4) is 0 Å². The van der Waals surface area contributed by atoms with Crippen LogP contribution in [0.2, 0.25) is 0 Å². The Morgan fingerprint density at radius 3 is 1.08 bits per heavy atom. The van der Waals surface area contributed by atoms with Gasteiger partial charge in [-0.15, -0.1) is 0 Å². The fraction of sp³-hybridized carbons (Fsp3) is 0.981. The Morgan fingerprint density at radius 2 is 0.754 bits per heavy atom. The highest BCUT2D eigenvalue weighted by Gasteiger charge is 2.26. The smallest absolute Gasteiger partial charge is 0.457 e. The zero-order valence-corrected chi connectivity index (χ0v) is 42.6. The van der Waals surface area contributed by atoms with Crippen LogP contribution in [-0.2, 0) is 27.9 Å². The molecule has 8 nitrogen and oxygen atoms in total. The molecule has 0 bridgehead atoms. The number of quaternary nitrogens is 1. The van der Waals surface area contributed by atoms with E-state index in [9.17, 15) is 14.3 Å². The number of ether oxygens (including phenoxy) is 2. The van der Waals surface area contributed by atoms with Crippen molar-refractivity contribution in [3.63, 3.8) is 0 Å². The highest BCUT2D eigenvalue weighted by Crippen LogP contribution is 2.43. The van der Waals surface area contributed by atoms with Crippen LogP contribution in [-0.4, -0.2) is 75.6 Å². The number of hydrogen-bond donors (Lipinski definition) is 1. The van der Waals surface area contributed by atoms with Crippen molar-refractivity contribution in [2.45, 2.75) is 277 Å². The number of esters is 1. The summed E-state index contributed by atoms with van der Waals surface area (Å²) in [5.74, 6) is -0.306. The number of carbonyl (C=O) groups is 1. The number of phosphoric ester groups is 1. The van der Waals surface area contributed by atoms with E-state index >= 15 is 0 Å². The van der Waals surface area contributed by atoms with E-state index in [4.69, 9.17) is 18.5 Å². The third-order valence-electron chi connectivity index (χ3n) is 12.2. The molecule has 0 aromatic carbocycles. The molecule has 9 heteroatoms. The number of hydrogen-bond acceptors (Lipinski definition) is 6. The Balaban J connectivity index is 3.99. The van der Waals surface area contributed by atoms with Crippen LogP contribution in [0.1, 0.15) is 271 Å². The summed E-state index contributed by atoms with van der Waals surface area (Å²) in [6.45, 7) is 5.70. The van der Waals surface area contributed by atoms with Crippen LogP contribution >= 0.6 is 7.82 Å². The van der Waals surface area contributed by atoms with Crippen LogP contribution in [0.4, 0.5) is 0 Å². The Kier molecular flexibility index (Phi) is 45.7. The molecule has 2 unspecified atom stereocenters. The first-order chi connectivity index (χ1) is 29.6. The van der Waals surface area contributed by atoms with Crippen LogP contribution in [0.5, 0.6) is 0 Å². The summed E-state index contributed by atoms with van der Waals surface area (Å²) in [6, 6.07) is 0. The zero-order chi connectivity index (χ0) is 44.8. The van der Waals surface area contributed by atoms with Crippen molar-refractivity contribution in [1.29, 1.82) is 0 Å². The Labute approximate surface area is 380 Å². The topological polar surface area (TPSA) is 91.3 Å². The van der Waals surface area contributed by atoms with E-state index in [1.54, 1.807) is 0 Å². The summed E-state index contributed by atoms with van der Waals surface area (Å²) >= 11 is 0. The minimum atomic E-state index is -4.27. The predicted octanol–water partition coefficient (Wildman–Crippen LogP) is 16.4. The van der Waals surface area contributed by atoms with Gasteiger partial charge in [-0.1, -0.05) is 251 Å². The molecule has 0 aliphatic heterocycles. The second kappa shape index (κ2) is 46.0. The first-order valence-corrected chi connectivity index (χ1v) is 28.3. The molecule has 0 spiro atoms. The molecule has 0 aliphatic rings. The molecular formula is C52H107NO7P+. The summed E-state index contributed by atoms with van der Waals surface area (Å²) in [5.41, 5.74) is 0. The maximum Gasteiger partial charge on any atom is 0.472 e. The normalized spacial score (nSPS) is 13.5. The van der Waals surface area contributed by atoms with Crippen LogP contribution in [0.3, 0.4) is 0 Å². The van der Waals surface area contributed by atoms with E-state index in [1.807, 2.05) is 21.1 Å². The number of rotatable bonds is 51. The van der Waals surface area contributed by atoms with Gasteiger partial charge in [-0.2, -0.15) is 0 Å². The molecule has 2 atom stereocenters. The lowest BCUT2D eigenvalue weighted by Gasteiger charge is -2.24. The Hall–Kier alpha value is -0.500. The van der Waals surface area contributed by atoms with Gasteiger partial charge in [0.25, 0.3) is 0 Å². The molecule has 366 valence electrons. The van der Waals surface area contributed by atoms with E-state index in [0.717, 1.165) is 32.1 Å². The Morgan fingerprint density at radius 1 is 0.443 bits per heavy atom. The molecule has 0 heterocycles. The summed E-state index contributed by atoms with van der Waals surface area (Å²) in [7, 11) is 1.69. The molecule has 0 aromatic heterocycles. The fourth-order valence-corrected chi connectivity index (χ4v) is 8.77. The fourth-order valence-electron chi connectivity index (χ4n) is 8.03. The van der Waals surface area contributed by atoms with Crippen LogP contribution < -0.4 is 0 Å². The van der Waals surface area contributed by atoms with Gasteiger partial charge in [-0.05, 0) is 12.8 Å². The van der Waals surface area contributed by atoms with E-state index in [1.165, 1.54) is 218 Å². The van der Waals surface area contributed by atoms with Gasteiger partial charge in [0.15, 0.2) is 0 Å². The number of nitrogens with zero attached hydrogens (tertiary/aromatic N) is 1. The van der Waals surface area contributed by atoms with Gasteiger partial charge in [0.05, 0.1) is 34.4 Å². The number of unbranched alkanes of at least 4 members (excludes halogenated alkanes) is 37. The molecule has 0 saturated carbocycles. The maximum absolute atomic E-state index is 12.7. The number of likely N-dealkylation sites (N-methyl/N-ethyl adjacent to an activating group) is 1. The van der Waals surface area contributed by atoms with E-state index in [2.05, 4.69) is 13.8 Å². The van der Waals surface area contributed by atoms with Crippen molar-refractivity contribution in [3.05, 3.63) is 0 Å². The first kappa shape index (κ1) is 60.5. The zero-order valence-electron chi connectivity index (χ0n) is 41.7. The molecule has 0 radical (unpaired) electrons. The van der Waals surface area contributed by atoms with Gasteiger partial charge < -0.3 is 18.9 Å². The van der Waals surface area contributed by atoms with Gasteiger partial charge in [0.1, 0.15) is 19.3 Å². The molecule has 0 aromatic rings. The molecule has 0 fully saturated rings. The highest BCUT2D eigenvalue weighted by molar-refractivity contribution is 7.47. The quantitative estimate of drug-likeness (QED) is 0.0281. The monoisotopic (exact) mass is 889 g/mol. The second-order valence-corrected chi connectivity index (χ2v) is 21.1. The van der Waals surface area contributed by atoms with Crippen molar-refractivity contribution in [2.24, 2.45) is 0 Å². The lowest BCUT2D eigenvalue weighted by molar-refractivity contribution is -0.870. The standard InChI is InChI=1S/C52H106NO7P/c1-6-8-10-12-14-16-18-20-22-23-24-25-26-27-28-29-30-31-32-34-36-38-40-42-44-47-57-49-51(50-59-61(55,56)58-48-46-53(3,4)5)60-52(54)45-43-41-39-37-35-33-21-19-17-15-13-11-9-7-2/h51H,6-50H2,1-5H3/p+1. The Bertz CT molecular complexity index is 945. The van der Waals surface area contributed by atoms with Crippen molar-refractivity contribution >= 4 is 13.8 Å². The molecule has 0 saturated heterocycles. The summed E-state index contributed by atoms with van der Waals surface area (Å²) in [4.78, 5) is 23.0. The third-order valence-corrected chi connectivity index (χ3v) is 13.2. The van der Waals surface area contributed by atoms with Gasteiger partial charge in [0, 0.05) is 13.0 Å². The summed E-state index contributed by atoms with van der Waals surface area (Å²) in [5, 5.41) is 0. The van der Waals surface area contributed by atoms with Crippen LogP contribution in [0.25, 0.3) is 0 Å². The van der Waals surface area contributed by atoms with Crippen molar-refractivity contribution in [1.82, 2.24) is 0 Å². The second-order valence-electron chi connectivity index (χ2n) is 19.6. The van der Waals surface area contributed by atoms with Crippen molar-refractivity contribution < 1.29 is 37.3 Å². The molecule has 1 N–H and O–H groups in total. The summed E-state index contributed by atoms with van der Waals surface area (Å²) < 4.78 is 35.2. The lowest BCUT2D eigenvalue weighted by Crippen LogP contribution is -2.37. The van der Waals surface area contributed by atoms with Gasteiger partial charge in [0.2, 0.25) is 0 Å². The predicted molar refractivity (Wildman–Crippen MR) is 261 cm³/mol. The van der Waals surface area contributed by atoms with E-state index in [0.29, 0.717) is 24.1 Å². The number of carbonyl (C=O) groups excluding carboxylic acids is 1. The minimum Gasteiger partial charge on any atom is -0.457 e. The molecular weight excluding hydrogens is 782 g/mol. The molecule has 0 amide bonds. The molecule has 61 heavy (non-hydrogen) atoms. The van der Waals surface area contributed by atoms with Crippen molar-refractivity contribution in [2.75, 3.05) is 54.1 Å². The maximum atomic E-state index is 12.7. The van der Waals surface area contributed by atoms with Gasteiger partial charge >= 0.3 is 13.8 Å². The van der Waals surface area contributed by atoms with Gasteiger partial charge in [-0.3, -0.25) is 13.8 Å². The van der Waals surface area contributed by atoms with Crippen LogP contribution in [0, 0.1) is 0 Å². The number of phosphoric acid groups is 1. The average molecular weight is 889 g/mol. The first-order valence-electron chi connectivity index (χ1n) is 26.8. The van der Waals surface area contributed by atoms with E-state index < -0.39 is 13.9 Å². The van der Waals surface area contributed by atoms with Gasteiger partial charge in [-0.25, -0.2) is 4.57 Å². The summed E-state index contributed by atoms with van der Waals surface area (Å²) in [6.07, 6.45) is 51.6.